The van der Waals surface area contributed by atoms with Crippen molar-refractivity contribution >= 4 is 37.7 Å². The lowest BCUT2D eigenvalue weighted by Gasteiger charge is -2.34. The molecule has 11 heteroatoms. The fourth-order valence-corrected chi connectivity index (χ4v) is 8.08. The van der Waals surface area contributed by atoms with Crippen LogP contribution in [0.4, 0.5) is 0 Å². The van der Waals surface area contributed by atoms with Gasteiger partial charge >= 0.3 is 10.9 Å². The van der Waals surface area contributed by atoms with E-state index < -0.39 is 20.5 Å². The number of hydrogen-bond acceptors (Lipinski definition) is 8. The van der Waals surface area contributed by atoms with Crippen molar-refractivity contribution < 1.29 is 27.4 Å². The number of benzene rings is 3. The first-order chi connectivity index (χ1) is 22.8. The summed E-state index contributed by atoms with van der Waals surface area (Å²) in [5.41, 5.74) is 5.47. The molecule has 0 saturated carbocycles. The third-order valence-corrected chi connectivity index (χ3v) is 11.3. The predicted octanol–water partition coefficient (Wildman–Crippen LogP) is 6.94. The molecule has 10 nitrogen and oxygen atoms in total. The number of ether oxygens (including phenoxy) is 2. The lowest BCUT2D eigenvalue weighted by Crippen LogP contribution is -2.34. The van der Waals surface area contributed by atoms with Crippen molar-refractivity contribution in [2.45, 2.75) is 81.4 Å². The summed E-state index contributed by atoms with van der Waals surface area (Å²) in [7, 11) is -4.15. The Labute approximate surface area is 280 Å². The van der Waals surface area contributed by atoms with Gasteiger partial charge < -0.3 is 19.7 Å². The van der Waals surface area contributed by atoms with Crippen LogP contribution in [-0.2, 0) is 21.8 Å². The third kappa shape index (κ3) is 6.05. The van der Waals surface area contributed by atoms with Crippen LogP contribution in [0.15, 0.2) is 75.2 Å². The topological polar surface area (TPSA) is 125 Å². The Balaban J connectivity index is 1.05. The third-order valence-electron chi connectivity index (χ3n) is 9.57. The first-order valence-corrected chi connectivity index (χ1v) is 18.0. The molecule has 2 aliphatic rings. The Bertz CT molecular complexity index is 2120. The van der Waals surface area contributed by atoms with E-state index in [1.807, 2.05) is 0 Å². The second-order valence-corrected chi connectivity index (χ2v) is 16.5. The molecule has 0 spiro atoms. The molecule has 0 amide bonds. The molecule has 1 N–H and O–H groups in total. The van der Waals surface area contributed by atoms with Crippen molar-refractivity contribution in [3.05, 3.63) is 82.6 Å². The Morgan fingerprint density at radius 3 is 2.56 bits per heavy atom. The van der Waals surface area contributed by atoms with Crippen LogP contribution in [0.2, 0.25) is 0 Å². The van der Waals surface area contributed by atoms with Crippen molar-refractivity contribution in [2.24, 2.45) is 5.92 Å². The molecule has 4 heterocycles. The summed E-state index contributed by atoms with van der Waals surface area (Å²) in [6.45, 7) is 13.7. The summed E-state index contributed by atoms with van der Waals surface area (Å²) in [5.74, 6) is 1.02. The molecule has 2 aliphatic heterocycles. The zero-order valence-electron chi connectivity index (χ0n) is 28.1. The number of aromatic amines is 1. The molecule has 1 fully saturated rings. The molecule has 252 valence electrons. The first kappa shape index (κ1) is 32.2. The standard InChI is InChI=1S/C37H42N4O6S/c1-36(2,3)26-11-12-31-29(22-26)30-21-25(33-28(32(30)38-31)13-17-37(4,5)46-33)23-40-18-14-24(15-19-40)16-20-45-34-35(41(42)47-39-34)48(43,44)27-9-7-6-8-10-27/h6-13,17,21-22,24,38H,14-16,18-20,23H2,1-5H3. The maximum atomic E-state index is 13.1. The average Bonchev–Trinajstić information content (AvgIpc) is 3.61. The Kier molecular flexibility index (Phi) is 8.03. The normalized spacial score (nSPS) is 17.1. The average molecular weight is 671 g/mol. The van der Waals surface area contributed by atoms with Crippen LogP contribution < -0.4 is 14.4 Å². The van der Waals surface area contributed by atoms with Gasteiger partial charge in [0.15, 0.2) is 0 Å². The first-order valence-electron chi connectivity index (χ1n) is 16.6. The molecule has 0 radical (unpaired) electrons. The maximum absolute atomic E-state index is 13.1. The van der Waals surface area contributed by atoms with Crippen molar-refractivity contribution in [2.75, 3.05) is 19.7 Å². The number of aromatic nitrogens is 3. The zero-order chi connectivity index (χ0) is 33.8. The number of nitrogens with one attached hydrogen (secondary N) is 1. The highest BCUT2D eigenvalue weighted by atomic mass is 32.2. The van der Waals surface area contributed by atoms with Crippen LogP contribution in [-0.4, -0.2) is 48.8 Å². The van der Waals surface area contributed by atoms with Gasteiger partial charge in [0.25, 0.3) is 9.84 Å². The lowest BCUT2D eigenvalue weighted by atomic mass is 9.86. The van der Waals surface area contributed by atoms with Gasteiger partial charge in [0, 0.05) is 34.0 Å². The van der Waals surface area contributed by atoms with E-state index in [9.17, 15) is 13.6 Å². The van der Waals surface area contributed by atoms with E-state index in [2.05, 4.69) is 90.7 Å². The lowest BCUT2D eigenvalue weighted by molar-refractivity contribution is -0.832. The second kappa shape index (κ2) is 12.0. The van der Waals surface area contributed by atoms with Crippen LogP contribution in [0, 0.1) is 11.1 Å². The van der Waals surface area contributed by atoms with Gasteiger partial charge in [0.1, 0.15) is 11.4 Å². The molecular weight excluding hydrogens is 628 g/mol. The summed E-state index contributed by atoms with van der Waals surface area (Å²) >= 11 is 0. The minimum Gasteiger partial charge on any atom is -0.483 e. The van der Waals surface area contributed by atoms with Crippen molar-refractivity contribution in [1.29, 1.82) is 0 Å². The molecule has 0 aliphatic carbocycles. The number of likely N-dealkylation sites (tertiary alicyclic amines) is 1. The molecule has 0 bridgehead atoms. The highest BCUT2D eigenvalue weighted by molar-refractivity contribution is 7.91. The van der Waals surface area contributed by atoms with Gasteiger partial charge in [-0.15, -0.1) is 0 Å². The van der Waals surface area contributed by atoms with E-state index >= 15 is 0 Å². The molecule has 5 aromatic rings. The molecule has 0 atom stereocenters. The largest absolute Gasteiger partial charge is 0.483 e. The van der Waals surface area contributed by atoms with Gasteiger partial charge in [0.2, 0.25) is 0 Å². The van der Waals surface area contributed by atoms with Crippen LogP contribution in [0.5, 0.6) is 11.6 Å². The van der Waals surface area contributed by atoms with E-state index in [4.69, 9.17) is 9.47 Å². The summed E-state index contributed by atoms with van der Waals surface area (Å²) in [5, 5.41) is 17.6. The summed E-state index contributed by atoms with van der Waals surface area (Å²) in [6, 6.07) is 16.8. The van der Waals surface area contributed by atoms with Gasteiger partial charge in [0.05, 0.1) is 22.2 Å². The van der Waals surface area contributed by atoms with Crippen LogP contribution in [0.3, 0.4) is 0 Å². The smallest absolute Gasteiger partial charge is 0.414 e. The second-order valence-electron chi connectivity index (χ2n) is 14.6. The van der Waals surface area contributed by atoms with E-state index in [0.717, 1.165) is 54.8 Å². The van der Waals surface area contributed by atoms with E-state index in [1.54, 1.807) is 18.2 Å². The fraction of sp³-hybridized carbons (Fsp3) is 0.405. The van der Waals surface area contributed by atoms with Crippen molar-refractivity contribution in [3.63, 3.8) is 0 Å². The van der Waals surface area contributed by atoms with Crippen molar-refractivity contribution in [3.8, 4) is 11.6 Å². The summed E-state index contributed by atoms with van der Waals surface area (Å²) in [4.78, 5) is 6.03. The molecule has 3 aromatic carbocycles. The summed E-state index contributed by atoms with van der Waals surface area (Å²) in [6.07, 6.45) is 6.99. The highest BCUT2D eigenvalue weighted by Gasteiger charge is 2.36. The number of hydrogen-bond donors (Lipinski definition) is 1. The molecule has 48 heavy (non-hydrogen) atoms. The minimum absolute atomic E-state index is 0.0280. The summed E-state index contributed by atoms with van der Waals surface area (Å²) < 4.78 is 43.1. The van der Waals surface area contributed by atoms with Crippen molar-refractivity contribution in [1.82, 2.24) is 15.0 Å². The molecule has 2 aromatic heterocycles. The van der Waals surface area contributed by atoms with Gasteiger partial charge in [-0.25, -0.2) is 8.42 Å². The Hall–Kier alpha value is -4.35. The quantitative estimate of drug-likeness (QED) is 0.176. The van der Waals surface area contributed by atoms with Gasteiger partial charge in [-0.2, -0.15) is 0 Å². The van der Waals surface area contributed by atoms with E-state index in [1.165, 1.54) is 34.0 Å². The molecule has 0 unspecified atom stereocenters. The van der Waals surface area contributed by atoms with E-state index in [-0.39, 0.29) is 27.7 Å². The SMILES string of the molecule is CC1(C)C=Cc2c(c(CN3CCC(CCOc4no[n+]([O-])c4S(=O)(=O)c4ccccc4)CC3)cc3c2[nH]c2ccc(C(C)(C)C)cc23)O1. The maximum Gasteiger partial charge on any atom is 0.414 e. The number of H-pyrrole nitrogens is 1. The number of nitrogens with zero attached hydrogens (tertiary/aromatic N) is 3. The number of sulfone groups is 1. The number of fused-ring (bicyclic) bond motifs is 5. The van der Waals surface area contributed by atoms with Gasteiger partial charge in [-0.3, -0.25) is 9.53 Å². The van der Waals surface area contributed by atoms with E-state index in [0.29, 0.717) is 12.3 Å². The fourth-order valence-electron chi connectivity index (χ4n) is 6.78. The zero-order valence-corrected chi connectivity index (χ0v) is 28.9. The number of piperidine rings is 1. The van der Waals surface area contributed by atoms with Gasteiger partial charge in [-0.1, -0.05) is 45.0 Å². The predicted molar refractivity (Wildman–Crippen MR) is 184 cm³/mol. The number of rotatable bonds is 8. The van der Waals surface area contributed by atoms with Crippen LogP contribution >= 0.6 is 0 Å². The Morgan fingerprint density at radius 2 is 1.83 bits per heavy atom. The molecule has 1 saturated heterocycles. The van der Waals surface area contributed by atoms with Gasteiger partial charge in [-0.05, 0) is 110 Å². The molecular formula is C37H42N4O6S. The minimum atomic E-state index is -4.15. The Morgan fingerprint density at radius 1 is 1.08 bits per heavy atom. The molecule has 7 rings (SSSR count). The van der Waals surface area contributed by atoms with Crippen LogP contribution in [0.1, 0.15) is 70.6 Å². The highest BCUT2D eigenvalue weighted by Crippen LogP contribution is 2.43. The monoisotopic (exact) mass is 670 g/mol. The van der Waals surface area contributed by atoms with Crippen LogP contribution in [0.25, 0.3) is 27.9 Å².